The third kappa shape index (κ3) is 8.93. The largest absolute Gasteiger partial charge is 0.379 e. The Hall–Kier alpha value is -3.51. The predicted molar refractivity (Wildman–Crippen MR) is 140 cm³/mol. The van der Waals surface area contributed by atoms with E-state index in [2.05, 4.69) is 5.32 Å². The standard InChI is InChI=1S/C30H35FN2O3/c1-23(2)36-19-9-18-32-30(35)28(20-24-10-5-3-6-11-24)33(22-26-14-16-27(31)17-15-26)29(34)21-25-12-7-4-8-13-25/h3-8,10-17,23,28H,9,18-22H2,1-2H3,(H,32,35). The maximum absolute atomic E-state index is 13.6. The second kappa shape index (κ2) is 14.1. The second-order valence-electron chi connectivity index (χ2n) is 9.08. The zero-order valence-electron chi connectivity index (χ0n) is 21.0. The van der Waals surface area contributed by atoms with Gasteiger partial charge in [-0.15, -0.1) is 0 Å². The topological polar surface area (TPSA) is 58.6 Å². The zero-order chi connectivity index (χ0) is 25.8. The van der Waals surface area contributed by atoms with Gasteiger partial charge in [0.1, 0.15) is 11.9 Å². The molecular weight excluding hydrogens is 455 g/mol. The monoisotopic (exact) mass is 490 g/mol. The molecule has 0 saturated carbocycles. The van der Waals surface area contributed by atoms with Crippen LogP contribution in [0, 0.1) is 5.82 Å². The molecule has 0 aliphatic heterocycles. The summed E-state index contributed by atoms with van der Waals surface area (Å²) < 4.78 is 19.1. The highest BCUT2D eigenvalue weighted by Gasteiger charge is 2.30. The van der Waals surface area contributed by atoms with Crippen LogP contribution < -0.4 is 5.32 Å². The van der Waals surface area contributed by atoms with Crippen LogP contribution in [0.2, 0.25) is 0 Å². The van der Waals surface area contributed by atoms with E-state index in [1.54, 1.807) is 17.0 Å². The van der Waals surface area contributed by atoms with Crippen molar-refractivity contribution >= 4 is 11.8 Å². The van der Waals surface area contributed by atoms with Gasteiger partial charge in [-0.1, -0.05) is 72.8 Å². The Morgan fingerprint density at radius 3 is 2.08 bits per heavy atom. The molecule has 0 spiro atoms. The Labute approximate surface area is 213 Å². The highest BCUT2D eigenvalue weighted by molar-refractivity contribution is 5.88. The maximum Gasteiger partial charge on any atom is 0.243 e. The number of nitrogens with one attached hydrogen (secondary N) is 1. The van der Waals surface area contributed by atoms with E-state index in [0.29, 0.717) is 26.0 Å². The number of ether oxygens (including phenoxy) is 1. The summed E-state index contributed by atoms with van der Waals surface area (Å²) >= 11 is 0. The van der Waals surface area contributed by atoms with Gasteiger partial charge in [-0.2, -0.15) is 0 Å². The molecule has 2 amide bonds. The van der Waals surface area contributed by atoms with Crippen LogP contribution in [0.1, 0.15) is 37.0 Å². The molecule has 36 heavy (non-hydrogen) atoms. The van der Waals surface area contributed by atoms with Gasteiger partial charge in [-0.25, -0.2) is 4.39 Å². The Bertz CT molecular complexity index is 1070. The van der Waals surface area contributed by atoms with E-state index in [9.17, 15) is 14.0 Å². The fourth-order valence-electron chi connectivity index (χ4n) is 3.93. The van der Waals surface area contributed by atoms with Gasteiger partial charge in [0, 0.05) is 26.1 Å². The Balaban J connectivity index is 1.84. The molecule has 0 aliphatic carbocycles. The molecule has 0 radical (unpaired) electrons. The molecule has 5 nitrogen and oxygen atoms in total. The number of rotatable bonds is 13. The summed E-state index contributed by atoms with van der Waals surface area (Å²) in [6.07, 6.45) is 1.35. The van der Waals surface area contributed by atoms with Gasteiger partial charge in [0.2, 0.25) is 11.8 Å². The minimum Gasteiger partial charge on any atom is -0.379 e. The highest BCUT2D eigenvalue weighted by atomic mass is 19.1. The van der Waals surface area contributed by atoms with Gasteiger partial charge in [-0.05, 0) is 49.1 Å². The van der Waals surface area contributed by atoms with Crippen LogP contribution in [0.4, 0.5) is 4.39 Å². The molecule has 0 fully saturated rings. The van der Waals surface area contributed by atoms with Crippen LogP contribution in [-0.2, 0) is 33.7 Å². The van der Waals surface area contributed by atoms with E-state index in [1.165, 1.54) is 12.1 Å². The molecule has 0 saturated heterocycles. The molecule has 3 aromatic carbocycles. The van der Waals surface area contributed by atoms with Gasteiger partial charge in [-0.3, -0.25) is 9.59 Å². The minimum absolute atomic E-state index is 0.133. The number of nitrogens with zero attached hydrogens (tertiary/aromatic N) is 1. The molecule has 1 unspecified atom stereocenters. The fraction of sp³-hybridized carbons (Fsp3) is 0.333. The van der Waals surface area contributed by atoms with E-state index in [4.69, 9.17) is 4.74 Å². The fourth-order valence-corrected chi connectivity index (χ4v) is 3.93. The first-order chi connectivity index (χ1) is 17.4. The molecule has 1 N–H and O–H groups in total. The van der Waals surface area contributed by atoms with E-state index < -0.39 is 6.04 Å². The first kappa shape index (κ1) is 27.1. The SMILES string of the molecule is CC(C)OCCCNC(=O)C(Cc1ccccc1)N(Cc1ccc(F)cc1)C(=O)Cc1ccccc1. The molecule has 190 valence electrons. The van der Waals surface area contributed by atoms with E-state index >= 15 is 0 Å². The Morgan fingerprint density at radius 2 is 1.47 bits per heavy atom. The molecule has 0 aromatic heterocycles. The molecule has 6 heteroatoms. The van der Waals surface area contributed by atoms with Crippen molar-refractivity contribution in [2.45, 2.75) is 51.8 Å². The van der Waals surface area contributed by atoms with Crippen molar-refractivity contribution in [3.05, 3.63) is 107 Å². The normalized spacial score (nSPS) is 11.8. The van der Waals surface area contributed by atoms with Crippen molar-refractivity contribution in [3.63, 3.8) is 0 Å². The van der Waals surface area contributed by atoms with Crippen LogP contribution >= 0.6 is 0 Å². The van der Waals surface area contributed by atoms with Crippen LogP contribution in [0.3, 0.4) is 0 Å². The summed E-state index contributed by atoms with van der Waals surface area (Å²) in [6, 6.07) is 24.5. The highest BCUT2D eigenvalue weighted by Crippen LogP contribution is 2.17. The van der Waals surface area contributed by atoms with Crippen molar-refractivity contribution < 1.29 is 18.7 Å². The molecule has 0 aliphatic rings. The lowest BCUT2D eigenvalue weighted by atomic mass is 10.0. The second-order valence-corrected chi connectivity index (χ2v) is 9.08. The summed E-state index contributed by atoms with van der Waals surface area (Å²) in [5.74, 6) is -0.722. The van der Waals surface area contributed by atoms with Gasteiger partial charge in [0.25, 0.3) is 0 Å². The van der Waals surface area contributed by atoms with Crippen molar-refractivity contribution in [2.75, 3.05) is 13.2 Å². The quantitative estimate of drug-likeness (QED) is 0.345. The first-order valence-corrected chi connectivity index (χ1v) is 12.4. The number of halogens is 1. The number of carbonyl (C=O) groups is 2. The van der Waals surface area contributed by atoms with Gasteiger partial charge in [0.05, 0.1) is 12.5 Å². The third-order valence-corrected chi connectivity index (χ3v) is 5.81. The molecule has 0 bridgehead atoms. The predicted octanol–water partition coefficient (Wildman–Crippen LogP) is 4.94. The minimum atomic E-state index is -0.723. The zero-order valence-corrected chi connectivity index (χ0v) is 21.0. The Morgan fingerprint density at radius 1 is 0.861 bits per heavy atom. The van der Waals surface area contributed by atoms with Crippen molar-refractivity contribution in [1.29, 1.82) is 0 Å². The van der Waals surface area contributed by atoms with Crippen molar-refractivity contribution in [3.8, 4) is 0 Å². The summed E-state index contributed by atoms with van der Waals surface area (Å²) in [6.45, 7) is 5.15. The number of benzene rings is 3. The molecule has 3 rings (SSSR count). The van der Waals surface area contributed by atoms with Gasteiger partial charge >= 0.3 is 0 Å². The van der Waals surface area contributed by atoms with Gasteiger partial charge < -0.3 is 15.0 Å². The molecule has 1 atom stereocenters. The maximum atomic E-state index is 13.6. The van der Waals surface area contributed by atoms with Crippen LogP contribution in [0.25, 0.3) is 0 Å². The lowest BCUT2D eigenvalue weighted by molar-refractivity contribution is -0.140. The van der Waals surface area contributed by atoms with Crippen molar-refractivity contribution in [1.82, 2.24) is 10.2 Å². The summed E-state index contributed by atoms with van der Waals surface area (Å²) in [4.78, 5) is 28.7. The van der Waals surface area contributed by atoms with E-state index in [-0.39, 0.29) is 36.7 Å². The van der Waals surface area contributed by atoms with Crippen LogP contribution in [0.5, 0.6) is 0 Å². The number of carbonyl (C=O) groups excluding carboxylic acids is 2. The molecular formula is C30H35FN2O3. The summed E-state index contributed by atoms with van der Waals surface area (Å²) in [5, 5.41) is 3.00. The average Bonchev–Trinajstić information content (AvgIpc) is 2.88. The lowest BCUT2D eigenvalue weighted by Crippen LogP contribution is -2.51. The van der Waals surface area contributed by atoms with E-state index in [1.807, 2.05) is 74.5 Å². The van der Waals surface area contributed by atoms with Gasteiger partial charge in [0.15, 0.2) is 0 Å². The van der Waals surface area contributed by atoms with Crippen LogP contribution in [-0.4, -0.2) is 42.0 Å². The number of hydrogen-bond donors (Lipinski definition) is 1. The number of hydrogen-bond acceptors (Lipinski definition) is 3. The molecule has 3 aromatic rings. The Kier molecular flexibility index (Phi) is 10.6. The lowest BCUT2D eigenvalue weighted by Gasteiger charge is -2.31. The van der Waals surface area contributed by atoms with Crippen LogP contribution in [0.15, 0.2) is 84.9 Å². The first-order valence-electron chi connectivity index (χ1n) is 12.4. The smallest absolute Gasteiger partial charge is 0.243 e. The summed E-state index contributed by atoms with van der Waals surface area (Å²) in [5.41, 5.74) is 2.59. The third-order valence-electron chi connectivity index (χ3n) is 5.81. The van der Waals surface area contributed by atoms with E-state index in [0.717, 1.165) is 16.7 Å². The van der Waals surface area contributed by atoms with Crippen molar-refractivity contribution in [2.24, 2.45) is 0 Å². The molecule has 0 heterocycles. The summed E-state index contributed by atoms with van der Waals surface area (Å²) in [7, 11) is 0. The number of amides is 2. The average molecular weight is 491 g/mol.